The molecule has 0 saturated carbocycles. The topological polar surface area (TPSA) is 91.0 Å². The first kappa shape index (κ1) is 16.6. The number of benzene rings is 1. The van der Waals surface area contributed by atoms with Crippen molar-refractivity contribution in [2.45, 2.75) is 37.8 Å². The van der Waals surface area contributed by atoms with Gasteiger partial charge in [-0.2, -0.15) is 0 Å². The summed E-state index contributed by atoms with van der Waals surface area (Å²) in [7, 11) is 1.56. The van der Waals surface area contributed by atoms with Crippen LogP contribution in [0.4, 0.5) is 0 Å². The van der Waals surface area contributed by atoms with Crippen LogP contribution in [0, 0.1) is 0 Å². The Balaban J connectivity index is 2.13. The van der Waals surface area contributed by atoms with Gasteiger partial charge in [0.25, 0.3) is 0 Å². The number of ether oxygens (including phenoxy) is 3. The van der Waals surface area contributed by atoms with Crippen molar-refractivity contribution in [1.82, 2.24) is 0 Å². The molecular weight excluding hydrogens is 286 g/mol. The first-order chi connectivity index (χ1) is 10.6. The van der Waals surface area contributed by atoms with E-state index in [1.165, 1.54) is 0 Å². The van der Waals surface area contributed by atoms with E-state index in [4.69, 9.17) is 25.1 Å². The zero-order valence-electron chi connectivity index (χ0n) is 12.8. The molecule has 0 aromatic heterocycles. The Morgan fingerprint density at radius 1 is 1.55 bits per heavy atom. The standard InChI is InChI=1S/C16H23NO5/c1-20-16-12(13(17)7-8-15(18)19)5-2-6-14(16)22-11-4-3-9-21-10-11/h2,5-6,11,13H,3-4,7-10,17H2,1H3,(H,18,19). The van der Waals surface area contributed by atoms with Crippen LogP contribution < -0.4 is 15.2 Å². The molecular formula is C16H23NO5. The van der Waals surface area contributed by atoms with Crippen LogP contribution in [0.2, 0.25) is 0 Å². The molecule has 0 aliphatic carbocycles. The average Bonchev–Trinajstić information content (AvgIpc) is 2.53. The van der Waals surface area contributed by atoms with Gasteiger partial charge in [0.1, 0.15) is 6.10 Å². The van der Waals surface area contributed by atoms with Crippen LogP contribution in [0.25, 0.3) is 0 Å². The molecule has 1 aromatic rings. The fraction of sp³-hybridized carbons (Fsp3) is 0.562. The van der Waals surface area contributed by atoms with E-state index < -0.39 is 12.0 Å². The van der Waals surface area contributed by atoms with Gasteiger partial charge < -0.3 is 25.1 Å². The zero-order chi connectivity index (χ0) is 15.9. The summed E-state index contributed by atoms with van der Waals surface area (Å²) in [5.74, 6) is 0.341. The minimum Gasteiger partial charge on any atom is -0.493 e. The number of nitrogens with two attached hydrogens (primary N) is 1. The Kier molecular flexibility index (Phi) is 6.03. The number of para-hydroxylation sites is 1. The van der Waals surface area contributed by atoms with Gasteiger partial charge in [0.15, 0.2) is 11.5 Å². The number of carboxylic acid groups (broad SMARTS) is 1. The molecule has 3 N–H and O–H groups in total. The SMILES string of the molecule is COc1c(OC2CCCOC2)cccc1C(N)CCC(=O)O. The molecule has 6 heteroatoms. The van der Waals surface area contributed by atoms with E-state index in [1.54, 1.807) is 7.11 Å². The summed E-state index contributed by atoms with van der Waals surface area (Å²) in [6, 6.07) is 5.12. The van der Waals surface area contributed by atoms with Crippen LogP contribution in [0.15, 0.2) is 18.2 Å². The second kappa shape index (κ2) is 8.00. The van der Waals surface area contributed by atoms with Crippen LogP contribution in [-0.4, -0.2) is 37.5 Å². The fourth-order valence-corrected chi connectivity index (χ4v) is 2.55. The summed E-state index contributed by atoms with van der Waals surface area (Å²) in [6.07, 6.45) is 2.30. The Hall–Kier alpha value is -1.79. The highest BCUT2D eigenvalue weighted by Crippen LogP contribution is 2.36. The second-order valence-corrected chi connectivity index (χ2v) is 5.37. The highest BCUT2D eigenvalue weighted by Gasteiger charge is 2.21. The van der Waals surface area contributed by atoms with Crippen molar-refractivity contribution in [2.75, 3.05) is 20.3 Å². The van der Waals surface area contributed by atoms with E-state index in [2.05, 4.69) is 0 Å². The number of methoxy groups -OCH3 is 1. The normalized spacial score (nSPS) is 19.5. The number of hydrogen-bond acceptors (Lipinski definition) is 5. The summed E-state index contributed by atoms with van der Waals surface area (Å²) >= 11 is 0. The fourth-order valence-electron chi connectivity index (χ4n) is 2.55. The summed E-state index contributed by atoms with van der Waals surface area (Å²) in [6.45, 7) is 1.34. The van der Waals surface area contributed by atoms with E-state index in [9.17, 15) is 4.79 Å². The van der Waals surface area contributed by atoms with Crippen LogP contribution in [0.1, 0.15) is 37.3 Å². The van der Waals surface area contributed by atoms with Gasteiger partial charge in [-0.3, -0.25) is 4.79 Å². The van der Waals surface area contributed by atoms with Crippen molar-refractivity contribution in [1.29, 1.82) is 0 Å². The van der Waals surface area contributed by atoms with E-state index in [0.29, 0.717) is 24.5 Å². The molecule has 0 amide bonds. The predicted molar refractivity (Wildman–Crippen MR) is 81.3 cm³/mol. The number of aliphatic carboxylic acids is 1. The number of carbonyl (C=O) groups is 1. The molecule has 0 bridgehead atoms. The molecule has 1 saturated heterocycles. The van der Waals surface area contributed by atoms with E-state index in [1.807, 2.05) is 18.2 Å². The zero-order valence-corrected chi connectivity index (χ0v) is 12.8. The summed E-state index contributed by atoms with van der Waals surface area (Å²) < 4.78 is 16.8. The first-order valence-corrected chi connectivity index (χ1v) is 7.50. The molecule has 1 aliphatic rings. The van der Waals surface area contributed by atoms with Gasteiger partial charge in [-0.15, -0.1) is 0 Å². The summed E-state index contributed by atoms with van der Waals surface area (Å²) in [4.78, 5) is 10.7. The average molecular weight is 309 g/mol. The van der Waals surface area contributed by atoms with Gasteiger partial charge in [-0.1, -0.05) is 12.1 Å². The van der Waals surface area contributed by atoms with Gasteiger partial charge in [-0.05, 0) is 25.3 Å². The Morgan fingerprint density at radius 3 is 3.00 bits per heavy atom. The lowest BCUT2D eigenvalue weighted by molar-refractivity contribution is -0.137. The molecule has 0 spiro atoms. The highest BCUT2D eigenvalue weighted by atomic mass is 16.5. The van der Waals surface area contributed by atoms with Crippen molar-refractivity contribution in [3.8, 4) is 11.5 Å². The van der Waals surface area contributed by atoms with Gasteiger partial charge in [0.05, 0.1) is 13.7 Å². The molecule has 2 unspecified atom stereocenters. The lowest BCUT2D eigenvalue weighted by atomic mass is 10.0. The molecule has 6 nitrogen and oxygen atoms in total. The third-order valence-corrected chi connectivity index (χ3v) is 3.69. The minimum atomic E-state index is -0.860. The van der Waals surface area contributed by atoms with Crippen molar-refractivity contribution < 1.29 is 24.1 Å². The van der Waals surface area contributed by atoms with Crippen molar-refractivity contribution in [3.05, 3.63) is 23.8 Å². The molecule has 22 heavy (non-hydrogen) atoms. The monoisotopic (exact) mass is 309 g/mol. The number of rotatable bonds is 7. The quantitative estimate of drug-likeness (QED) is 0.801. The van der Waals surface area contributed by atoms with Crippen molar-refractivity contribution in [3.63, 3.8) is 0 Å². The first-order valence-electron chi connectivity index (χ1n) is 7.50. The van der Waals surface area contributed by atoms with Crippen molar-refractivity contribution in [2.24, 2.45) is 5.73 Å². The molecule has 1 aromatic carbocycles. The van der Waals surface area contributed by atoms with Crippen molar-refractivity contribution >= 4 is 5.97 Å². The smallest absolute Gasteiger partial charge is 0.303 e. The number of carboxylic acids is 1. The number of hydrogen-bond donors (Lipinski definition) is 2. The molecule has 1 aliphatic heterocycles. The van der Waals surface area contributed by atoms with Crippen LogP contribution in [0.3, 0.4) is 0 Å². The van der Waals surface area contributed by atoms with Gasteiger partial charge >= 0.3 is 5.97 Å². The van der Waals surface area contributed by atoms with Crippen LogP contribution in [0.5, 0.6) is 11.5 Å². The summed E-state index contributed by atoms with van der Waals surface area (Å²) in [5, 5.41) is 8.78. The predicted octanol–water partition coefficient (Wildman–Crippen LogP) is 2.12. The lowest BCUT2D eigenvalue weighted by Gasteiger charge is -2.25. The minimum absolute atomic E-state index is 0.00754. The second-order valence-electron chi connectivity index (χ2n) is 5.37. The Morgan fingerprint density at radius 2 is 2.36 bits per heavy atom. The van der Waals surface area contributed by atoms with Gasteiger partial charge in [0, 0.05) is 24.6 Å². The van der Waals surface area contributed by atoms with Gasteiger partial charge in [-0.25, -0.2) is 0 Å². The molecule has 0 radical (unpaired) electrons. The van der Waals surface area contributed by atoms with E-state index in [-0.39, 0.29) is 12.5 Å². The molecule has 1 heterocycles. The highest BCUT2D eigenvalue weighted by molar-refractivity contribution is 5.66. The maximum atomic E-state index is 10.7. The maximum Gasteiger partial charge on any atom is 0.303 e. The lowest BCUT2D eigenvalue weighted by Crippen LogP contribution is -2.28. The van der Waals surface area contributed by atoms with Gasteiger partial charge in [0.2, 0.25) is 0 Å². The third-order valence-electron chi connectivity index (χ3n) is 3.69. The van der Waals surface area contributed by atoms with E-state index in [0.717, 1.165) is 25.0 Å². The van der Waals surface area contributed by atoms with Crippen LogP contribution >= 0.6 is 0 Å². The maximum absolute atomic E-state index is 10.7. The molecule has 122 valence electrons. The van der Waals surface area contributed by atoms with E-state index >= 15 is 0 Å². The Bertz CT molecular complexity index is 499. The third kappa shape index (κ3) is 4.35. The van der Waals surface area contributed by atoms with Crippen LogP contribution in [-0.2, 0) is 9.53 Å². The Labute approximate surface area is 130 Å². The summed E-state index contributed by atoms with van der Waals surface area (Å²) in [5.41, 5.74) is 6.86. The largest absolute Gasteiger partial charge is 0.493 e. The molecule has 2 atom stereocenters. The molecule has 1 fully saturated rings. The molecule has 2 rings (SSSR count).